The number of rotatable bonds is 9. The summed E-state index contributed by atoms with van der Waals surface area (Å²) in [5.41, 5.74) is 0. The molecule has 0 radical (unpaired) electrons. The molecule has 0 aliphatic carbocycles. The summed E-state index contributed by atoms with van der Waals surface area (Å²) in [6, 6.07) is -0.822. The molecule has 10 heteroatoms. The number of aliphatic hydroxyl groups excluding tert-OH is 4. The second kappa shape index (κ2) is 12.4. The van der Waals surface area contributed by atoms with Crippen molar-refractivity contribution in [2.45, 2.75) is 88.4 Å². The van der Waals surface area contributed by atoms with Gasteiger partial charge in [-0.3, -0.25) is 0 Å². The van der Waals surface area contributed by atoms with Crippen molar-refractivity contribution in [1.29, 1.82) is 0 Å². The van der Waals surface area contributed by atoms with Crippen LogP contribution in [0.2, 0.25) is 0 Å². The van der Waals surface area contributed by atoms with Crippen molar-refractivity contribution in [1.82, 2.24) is 5.32 Å². The molecule has 1 aliphatic rings. The van der Waals surface area contributed by atoms with Crippen LogP contribution >= 0.6 is 0 Å². The number of aliphatic hydroxyl groups is 4. The number of halogens is 3. The van der Waals surface area contributed by atoms with Gasteiger partial charge in [0.05, 0.1) is 31.0 Å². The molecule has 6 N–H and O–H groups in total. The van der Waals surface area contributed by atoms with Gasteiger partial charge in [-0.25, -0.2) is 4.79 Å². The van der Waals surface area contributed by atoms with Gasteiger partial charge >= 0.3 is 12.1 Å². The summed E-state index contributed by atoms with van der Waals surface area (Å²) in [6.07, 6.45) is -0.0782. The largest absolute Gasteiger partial charge is 0.490 e. The minimum absolute atomic E-state index is 0.188. The Morgan fingerprint density at radius 2 is 1.58 bits per heavy atom. The molecule has 7 nitrogen and oxygen atoms in total. The van der Waals surface area contributed by atoms with E-state index in [9.17, 15) is 28.5 Å². The minimum atomic E-state index is -5.08. The second-order valence-electron chi connectivity index (χ2n) is 6.39. The number of aliphatic carboxylic acids is 1. The fourth-order valence-corrected chi connectivity index (χ4v) is 2.75. The van der Waals surface area contributed by atoms with Gasteiger partial charge in [0, 0.05) is 6.04 Å². The molecule has 0 aromatic carbocycles. The van der Waals surface area contributed by atoms with Gasteiger partial charge in [0.2, 0.25) is 0 Å². The molecule has 0 amide bonds. The van der Waals surface area contributed by atoms with Gasteiger partial charge in [0.25, 0.3) is 0 Å². The Kier molecular flexibility index (Phi) is 12.0. The van der Waals surface area contributed by atoms with E-state index in [1.807, 2.05) is 0 Å². The van der Waals surface area contributed by atoms with Crippen LogP contribution in [0, 0.1) is 0 Å². The monoisotopic (exact) mass is 389 g/mol. The van der Waals surface area contributed by atoms with E-state index < -0.39 is 43.1 Å². The molecular formula is C16H30F3NO6. The van der Waals surface area contributed by atoms with Gasteiger partial charge < -0.3 is 30.8 Å². The van der Waals surface area contributed by atoms with E-state index in [1.54, 1.807) is 0 Å². The van der Waals surface area contributed by atoms with Crippen molar-refractivity contribution >= 4 is 5.97 Å². The van der Waals surface area contributed by atoms with E-state index in [4.69, 9.17) is 15.0 Å². The maximum Gasteiger partial charge on any atom is 0.490 e. The fraction of sp³-hybridized carbons (Fsp3) is 0.938. The maximum atomic E-state index is 10.6. The Bertz CT molecular complexity index is 397. The lowest BCUT2D eigenvalue weighted by Gasteiger charge is -2.19. The normalized spacial score (nSPS) is 26.9. The first-order chi connectivity index (χ1) is 12.1. The Hall–Kier alpha value is -0.940. The molecule has 0 aromatic rings. The number of nitrogens with one attached hydrogen (secondary N) is 1. The van der Waals surface area contributed by atoms with Crippen LogP contribution in [0.4, 0.5) is 13.2 Å². The smallest absolute Gasteiger partial charge is 0.475 e. The summed E-state index contributed by atoms with van der Waals surface area (Å²) in [6.45, 7) is 1.78. The first-order valence-corrected chi connectivity index (χ1v) is 8.77. The second-order valence-corrected chi connectivity index (χ2v) is 6.39. The van der Waals surface area contributed by atoms with Crippen molar-refractivity contribution in [2.24, 2.45) is 0 Å². The molecular weight excluding hydrogens is 359 g/mol. The molecule has 1 fully saturated rings. The van der Waals surface area contributed by atoms with Gasteiger partial charge in [0.1, 0.15) is 0 Å². The third-order valence-corrected chi connectivity index (χ3v) is 4.25. The average Bonchev–Trinajstić information content (AvgIpc) is 2.85. The van der Waals surface area contributed by atoms with Crippen molar-refractivity contribution in [2.75, 3.05) is 6.61 Å². The Morgan fingerprint density at radius 3 is 2.04 bits per heavy atom. The lowest BCUT2D eigenvalue weighted by molar-refractivity contribution is -0.192. The van der Waals surface area contributed by atoms with E-state index in [-0.39, 0.29) is 6.04 Å². The van der Waals surface area contributed by atoms with Gasteiger partial charge in [-0.1, -0.05) is 45.4 Å². The highest BCUT2D eigenvalue weighted by Gasteiger charge is 2.43. The van der Waals surface area contributed by atoms with Crippen molar-refractivity contribution in [3.63, 3.8) is 0 Å². The molecule has 0 saturated carbocycles. The Labute approximate surface area is 150 Å². The van der Waals surface area contributed by atoms with Gasteiger partial charge in [-0.05, 0) is 6.42 Å². The van der Waals surface area contributed by atoms with E-state index >= 15 is 0 Å². The van der Waals surface area contributed by atoms with Crippen LogP contribution in [0.15, 0.2) is 0 Å². The number of hydrogen-bond acceptors (Lipinski definition) is 6. The number of unbranched alkanes of at least 4 members (excludes halogenated alkanes) is 5. The molecule has 1 heterocycles. The summed E-state index contributed by atoms with van der Waals surface area (Å²) < 4.78 is 31.7. The van der Waals surface area contributed by atoms with Gasteiger partial charge in [-0.15, -0.1) is 0 Å². The zero-order chi connectivity index (χ0) is 20.3. The van der Waals surface area contributed by atoms with Gasteiger partial charge in [-0.2, -0.15) is 13.2 Å². The van der Waals surface area contributed by atoms with E-state index in [1.165, 1.54) is 25.7 Å². The van der Waals surface area contributed by atoms with Crippen molar-refractivity contribution in [3.05, 3.63) is 0 Å². The topological polar surface area (TPSA) is 130 Å². The summed E-state index contributed by atoms with van der Waals surface area (Å²) in [5, 5.41) is 48.3. The zero-order valence-electron chi connectivity index (χ0n) is 14.8. The SMILES string of the molecule is CCCCCCCC[C@@H]1N[C@@H]([C@@H](O)CO)[C@@H](O)[C@@H]1O.O=C(O)C(F)(F)F. The molecule has 1 saturated heterocycles. The Balaban J connectivity index is 0.000000758. The van der Waals surface area contributed by atoms with Crippen molar-refractivity contribution in [3.8, 4) is 0 Å². The lowest BCUT2D eigenvalue weighted by Crippen LogP contribution is -2.45. The molecule has 26 heavy (non-hydrogen) atoms. The quantitative estimate of drug-likeness (QED) is 0.322. The highest BCUT2D eigenvalue weighted by atomic mass is 19.4. The van der Waals surface area contributed by atoms with Crippen molar-refractivity contribution < 1.29 is 43.5 Å². The van der Waals surface area contributed by atoms with E-state index in [2.05, 4.69) is 12.2 Å². The third-order valence-electron chi connectivity index (χ3n) is 4.25. The summed E-state index contributed by atoms with van der Waals surface area (Å²) in [7, 11) is 0. The lowest BCUT2D eigenvalue weighted by atomic mass is 10.0. The molecule has 1 aliphatic heterocycles. The first-order valence-electron chi connectivity index (χ1n) is 8.77. The maximum absolute atomic E-state index is 10.6. The predicted octanol–water partition coefficient (Wildman–Crippen LogP) is 0.786. The van der Waals surface area contributed by atoms with Crippen LogP contribution in [-0.2, 0) is 4.79 Å². The van der Waals surface area contributed by atoms with Crippen LogP contribution in [0.5, 0.6) is 0 Å². The molecule has 156 valence electrons. The first kappa shape index (κ1) is 25.1. The highest BCUT2D eigenvalue weighted by molar-refractivity contribution is 5.73. The average molecular weight is 389 g/mol. The molecule has 0 unspecified atom stereocenters. The number of carboxylic acids is 1. The molecule has 0 aromatic heterocycles. The predicted molar refractivity (Wildman–Crippen MR) is 87.5 cm³/mol. The van der Waals surface area contributed by atoms with E-state index in [0.29, 0.717) is 0 Å². The van der Waals surface area contributed by atoms with E-state index in [0.717, 1.165) is 19.3 Å². The zero-order valence-corrected chi connectivity index (χ0v) is 14.8. The highest BCUT2D eigenvalue weighted by Crippen LogP contribution is 2.21. The van der Waals surface area contributed by atoms with Gasteiger partial charge in [0.15, 0.2) is 0 Å². The molecule has 1 rings (SSSR count). The van der Waals surface area contributed by atoms with Crippen LogP contribution in [0.1, 0.15) is 51.9 Å². The number of hydrogen-bond donors (Lipinski definition) is 6. The summed E-state index contributed by atoms with van der Waals surface area (Å²) in [4.78, 5) is 8.90. The fourth-order valence-electron chi connectivity index (χ4n) is 2.75. The minimum Gasteiger partial charge on any atom is -0.475 e. The molecule has 0 spiro atoms. The van der Waals surface area contributed by atoms with Crippen LogP contribution in [-0.4, -0.2) is 74.7 Å². The number of carbonyl (C=O) groups is 1. The summed E-state index contributed by atoms with van der Waals surface area (Å²) >= 11 is 0. The third kappa shape index (κ3) is 9.13. The Morgan fingerprint density at radius 1 is 1.08 bits per heavy atom. The molecule has 5 atom stereocenters. The summed E-state index contributed by atoms with van der Waals surface area (Å²) in [5.74, 6) is -2.76. The molecule has 0 bridgehead atoms. The van der Waals surface area contributed by atoms with Crippen LogP contribution in [0.3, 0.4) is 0 Å². The number of carboxylic acid groups (broad SMARTS) is 1. The van der Waals surface area contributed by atoms with Crippen LogP contribution < -0.4 is 5.32 Å². The number of alkyl halides is 3. The standard InChI is InChI=1S/C14H29NO4.C2HF3O2/c1-2-3-4-5-6-7-8-10-13(18)14(19)12(15-10)11(17)9-16;3-2(4,5)1(6)7/h10-19H,2-9H2,1H3;(H,6,7)/t10-,11-,12-,13+,14+;/m0./s1. The van der Waals surface area contributed by atoms with Crippen LogP contribution in [0.25, 0.3) is 0 Å².